The van der Waals surface area contributed by atoms with Crippen LogP contribution in [-0.4, -0.2) is 24.0 Å². The number of carbonyl (C=O) groups excluding carboxylic acids is 1. The molecule has 1 fully saturated rings. The monoisotopic (exact) mass is 329 g/mol. The lowest BCUT2D eigenvalue weighted by atomic mass is 10.2. The third-order valence-electron chi connectivity index (χ3n) is 4.05. The van der Waals surface area contributed by atoms with Crippen LogP contribution in [-0.2, 0) is 0 Å². The predicted molar refractivity (Wildman–Crippen MR) is 94.3 cm³/mol. The Balaban J connectivity index is 1.67. The lowest BCUT2D eigenvalue weighted by Gasteiger charge is -2.21. The summed E-state index contributed by atoms with van der Waals surface area (Å²) in [6.45, 7) is 2.11. The number of amides is 1. The van der Waals surface area contributed by atoms with Crippen molar-refractivity contribution in [3.05, 3.63) is 53.2 Å². The molecule has 0 unspecified atom stereocenters. The Kier molecular flexibility index (Phi) is 5.13. The topological polar surface area (TPSA) is 45.2 Å². The first-order valence-corrected chi connectivity index (χ1v) is 8.39. The average molecular weight is 330 g/mol. The molecule has 5 heteroatoms. The Bertz CT molecular complexity index is 664. The number of carbonyl (C=O) groups is 1. The molecule has 0 aliphatic carbocycles. The van der Waals surface area contributed by atoms with E-state index in [-0.39, 0.29) is 5.91 Å². The van der Waals surface area contributed by atoms with Crippen LogP contribution in [0.3, 0.4) is 0 Å². The highest BCUT2D eigenvalue weighted by Crippen LogP contribution is 2.20. The Labute approximate surface area is 141 Å². The molecule has 2 heterocycles. The number of anilines is 2. The van der Waals surface area contributed by atoms with Crippen molar-refractivity contribution in [3.8, 4) is 0 Å². The number of hydrogen-bond acceptors (Lipinski definition) is 3. The van der Waals surface area contributed by atoms with Gasteiger partial charge in [-0.3, -0.25) is 4.79 Å². The molecule has 120 valence electrons. The SMILES string of the molecule is O=C(Nc1ccc(N2CCCCCC2)nc1)c1ccccc1Cl. The molecular formula is C18H20ClN3O. The number of halogens is 1. The van der Waals surface area contributed by atoms with Gasteiger partial charge in [0.2, 0.25) is 0 Å². The highest BCUT2D eigenvalue weighted by Gasteiger charge is 2.12. The lowest BCUT2D eigenvalue weighted by Crippen LogP contribution is -2.24. The molecule has 1 aromatic carbocycles. The minimum absolute atomic E-state index is 0.222. The van der Waals surface area contributed by atoms with E-state index < -0.39 is 0 Å². The summed E-state index contributed by atoms with van der Waals surface area (Å²) in [5.41, 5.74) is 1.14. The molecule has 0 spiro atoms. The highest BCUT2D eigenvalue weighted by atomic mass is 35.5. The Hall–Kier alpha value is -2.07. The second kappa shape index (κ2) is 7.47. The third-order valence-corrected chi connectivity index (χ3v) is 4.38. The minimum Gasteiger partial charge on any atom is -0.357 e. The van der Waals surface area contributed by atoms with E-state index in [0.29, 0.717) is 16.3 Å². The molecule has 1 N–H and O–H groups in total. The van der Waals surface area contributed by atoms with Crippen LogP contribution in [0.2, 0.25) is 5.02 Å². The highest BCUT2D eigenvalue weighted by molar-refractivity contribution is 6.34. The fourth-order valence-corrected chi connectivity index (χ4v) is 3.01. The zero-order valence-corrected chi connectivity index (χ0v) is 13.7. The summed E-state index contributed by atoms with van der Waals surface area (Å²) in [4.78, 5) is 19.0. The van der Waals surface area contributed by atoms with Gasteiger partial charge in [0.1, 0.15) is 5.82 Å². The summed E-state index contributed by atoms with van der Waals surface area (Å²) in [6, 6.07) is 10.9. The molecule has 0 bridgehead atoms. The van der Waals surface area contributed by atoms with Crippen LogP contribution in [0.25, 0.3) is 0 Å². The molecule has 1 aliphatic rings. The van der Waals surface area contributed by atoms with Crippen LogP contribution < -0.4 is 10.2 Å². The van der Waals surface area contributed by atoms with Crippen LogP contribution in [0.4, 0.5) is 11.5 Å². The first-order valence-electron chi connectivity index (χ1n) is 8.01. The zero-order valence-electron chi connectivity index (χ0n) is 13.0. The van der Waals surface area contributed by atoms with E-state index in [4.69, 9.17) is 11.6 Å². The van der Waals surface area contributed by atoms with Gasteiger partial charge in [-0.25, -0.2) is 4.98 Å². The minimum atomic E-state index is -0.222. The summed E-state index contributed by atoms with van der Waals surface area (Å²) < 4.78 is 0. The van der Waals surface area contributed by atoms with Crippen LogP contribution in [0.5, 0.6) is 0 Å². The van der Waals surface area contributed by atoms with Crippen molar-refractivity contribution >= 4 is 29.0 Å². The second-order valence-corrected chi connectivity index (χ2v) is 6.15. The van der Waals surface area contributed by atoms with Gasteiger partial charge >= 0.3 is 0 Å². The van der Waals surface area contributed by atoms with Gasteiger partial charge in [0, 0.05) is 13.1 Å². The van der Waals surface area contributed by atoms with Gasteiger partial charge in [-0.15, -0.1) is 0 Å². The summed E-state index contributed by atoms with van der Waals surface area (Å²) in [5, 5.41) is 3.28. The molecule has 0 atom stereocenters. The van der Waals surface area contributed by atoms with E-state index in [1.54, 1.807) is 30.5 Å². The van der Waals surface area contributed by atoms with Gasteiger partial charge < -0.3 is 10.2 Å². The molecular weight excluding hydrogens is 310 g/mol. The maximum absolute atomic E-state index is 12.2. The number of nitrogens with one attached hydrogen (secondary N) is 1. The van der Waals surface area contributed by atoms with Gasteiger partial charge in [0.25, 0.3) is 5.91 Å². The van der Waals surface area contributed by atoms with E-state index in [9.17, 15) is 4.79 Å². The van der Waals surface area contributed by atoms with Crippen LogP contribution in [0.15, 0.2) is 42.6 Å². The molecule has 2 aromatic rings. The molecule has 3 rings (SSSR count). The quantitative estimate of drug-likeness (QED) is 0.909. The maximum atomic E-state index is 12.2. The summed E-state index contributed by atoms with van der Waals surface area (Å²) >= 11 is 6.04. The van der Waals surface area contributed by atoms with E-state index in [2.05, 4.69) is 15.2 Å². The van der Waals surface area contributed by atoms with Crippen LogP contribution in [0.1, 0.15) is 36.0 Å². The molecule has 0 radical (unpaired) electrons. The van der Waals surface area contributed by atoms with Crippen molar-refractivity contribution in [2.75, 3.05) is 23.3 Å². The smallest absolute Gasteiger partial charge is 0.257 e. The van der Waals surface area contributed by atoms with E-state index in [0.717, 1.165) is 18.9 Å². The Morgan fingerprint density at radius 3 is 2.43 bits per heavy atom. The third kappa shape index (κ3) is 4.02. The van der Waals surface area contributed by atoms with Gasteiger partial charge in [-0.2, -0.15) is 0 Å². The number of aromatic nitrogens is 1. The average Bonchev–Trinajstić information content (AvgIpc) is 2.85. The van der Waals surface area contributed by atoms with Crippen molar-refractivity contribution < 1.29 is 4.79 Å². The molecule has 1 saturated heterocycles. The van der Waals surface area contributed by atoms with Crippen molar-refractivity contribution in [1.29, 1.82) is 0 Å². The fourth-order valence-electron chi connectivity index (χ4n) is 2.79. The standard InChI is InChI=1S/C18H20ClN3O/c19-16-8-4-3-7-15(16)18(23)21-14-9-10-17(20-13-14)22-11-5-1-2-6-12-22/h3-4,7-10,13H,1-2,5-6,11-12H2,(H,21,23). The molecule has 23 heavy (non-hydrogen) atoms. The second-order valence-electron chi connectivity index (χ2n) is 5.74. The first-order chi connectivity index (χ1) is 11.2. The number of nitrogens with zero attached hydrogens (tertiary/aromatic N) is 2. The summed E-state index contributed by atoms with van der Waals surface area (Å²) in [7, 11) is 0. The van der Waals surface area contributed by atoms with Crippen LogP contribution >= 0.6 is 11.6 Å². The Morgan fingerprint density at radius 1 is 1.04 bits per heavy atom. The van der Waals surface area contributed by atoms with E-state index in [1.807, 2.05) is 12.1 Å². The van der Waals surface area contributed by atoms with Gasteiger partial charge in [0.15, 0.2) is 0 Å². The fraction of sp³-hybridized carbons (Fsp3) is 0.333. The molecule has 4 nitrogen and oxygen atoms in total. The van der Waals surface area contributed by atoms with Crippen molar-refractivity contribution in [2.45, 2.75) is 25.7 Å². The first kappa shape index (κ1) is 15.8. The molecule has 1 aromatic heterocycles. The molecule has 1 amide bonds. The maximum Gasteiger partial charge on any atom is 0.257 e. The van der Waals surface area contributed by atoms with Gasteiger partial charge in [-0.1, -0.05) is 36.6 Å². The number of pyridine rings is 1. The Morgan fingerprint density at radius 2 is 1.78 bits per heavy atom. The zero-order chi connectivity index (χ0) is 16.1. The van der Waals surface area contributed by atoms with E-state index in [1.165, 1.54) is 25.7 Å². The van der Waals surface area contributed by atoms with Gasteiger partial charge in [-0.05, 0) is 37.1 Å². The van der Waals surface area contributed by atoms with Crippen molar-refractivity contribution in [2.24, 2.45) is 0 Å². The number of rotatable bonds is 3. The predicted octanol–water partition coefficient (Wildman–Crippen LogP) is 4.37. The molecule has 1 aliphatic heterocycles. The lowest BCUT2D eigenvalue weighted by molar-refractivity contribution is 0.102. The van der Waals surface area contributed by atoms with Crippen molar-refractivity contribution in [3.63, 3.8) is 0 Å². The number of benzene rings is 1. The van der Waals surface area contributed by atoms with E-state index >= 15 is 0 Å². The van der Waals surface area contributed by atoms with Crippen LogP contribution in [0, 0.1) is 0 Å². The summed E-state index contributed by atoms with van der Waals surface area (Å²) in [5.74, 6) is 0.752. The largest absolute Gasteiger partial charge is 0.357 e. The summed E-state index contributed by atoms with van der Waals surface area (Å²) in [6.07, 6.45) is 6.72. The van der Waals surface area contributed by atoms with Gasteiger partial charge in [0.05, 0.1) is 22.5 Å². The normalized spacial score (nSPS) is 15.1. The van der Waals surface area contributed by atoms with Crippen molar-refractivity contribution in [1.82, 2.24) is 4.98 Å². The molecule has 0 saturated carbocycles. The number of hydrogen-bond donors (Lipinski definition) is 1.